The zero-order valence-corrected chi connectivity index (χ0v) is 12.3. The Labute approximate surface area is 108 Å². The molecule has 14 heavy (non-hydrogen) atoms. The molecule has 1 rings (SSSR count). The first-order valence-corrected chi connectivity index (χ1v) is 4.44. The van der Waals surface area contributed by atoms with E-state index in [4.69, 9.17) is 0 Å². The van der Waals surface area contributed by atoms with Gasteiger partial charge in [0, 0.05) is 0 Å². The third-order valence-electron chi connectivity index (χ3n) is 2.46. The van der Waals surface area contributed by atoms with E-state index < -0.39 is 0 Å². The second-order valence-electron chi connectivity index (χ2n) is 3.74. The predicted octanol–water partition coefficient (Wildman–Crippen LogP) is 3.48. The molecule has 0 heterocycles. The number of rotatable bonds is 3. The normalized spacial score (nSPS) is 14.8. The van der Waals surface area contributed by atoms with Gasteiger partial charge in [0.25, 0.3) is 0 Å². The van der Waals surface area contributed by atoms with Crippen molar-refractivity contribution < 1.29 is 21.7 Å². The standard InChI is InChI=1S/C9H19N.3CH3.Ti/c1-10(2)8-7-9-5-3-4-6-9;;;;/h9H,3-8H2,1-2H3;3*1H3;/q;3*-1;+4. The molecule has 0 N–H and O–H groups in total. The fourth-order valence-corrected chi connectivity index (χ4v) is 1.74. The second-order valence-corrected chi connectivity index (χ2v) is 3.74. The molecule has 0 aliphatic heterocycles. The number of hydrogen-bond donors (Lipinski definition) is 0. The summed E-state index contributed by atoms with van der Waals surface area (Å²) in [6, 6.07) is 0. The smallest absolute Gasteiger partial charge is 0.358 e. The molecular formula is C12H28NTi+. The van der Waals surface area contributed by atoms with E-state index in [2.05, 4.69) is 19.0 Å². The SMILES string of the molecule is CN(C)CCC1CCCC1.[CH3-].[CH3-].[CH3-].[Ti+4]. The van der Waals surface area contributed by atoms with Crippen molar-refractivity contribution in [3.8, 4) is 0 Å². The molecule has 1 saturated carbocycles. The first-order valence-electron chi connectivity index (χ1n) is 4.44. The van der Waals surface area contributed by atoms with Crippen LogP contribution in [0, 0.1) is 28.2 Å². The largest absolute Gasteiger partial charge is 4.00 e. The third kappa shape index (κ3) is 10.8. The van der Waals surface area contributed by atoms with Gasteiger partial charge in [-0.05, 0) is 33.0 Å². The van der Waals surface area contributed by atoms with E-state index in [0.29, 0.717) is 0 Å². The van der Waals surface area contributed by atoms with Gasteiger partial charge in [0.1, 0.15) is 0 Å². The predicted molar refractivity (Wildman–Crippen MR) is 64.4 cm³/mol. The Hall–Kier alpha value is 0.674. The summed E-state index contributed by atoms with van der Waals surface area (Å²) in [5.74, 6) is 1.06. The first-order chi connectivity index (χ1) is 4.79. The van der Waals surface area contributed by atoms with E-state index in [1.54, 1.807) is 0 Å². The number of nitrogens with zero attached hydrogens (tertiary/aromatic N) is 1. The molecule has 1 nitrogen and oxygen atoms in total. The number of hydrogen-bond acceptors (Lipinski definition) is 1. The molecule has 0 atom stereocenters. The van der Waals surface area contributed by atoms with Crippen LogP contribution in [-0.2, 0) is 21.7 Å². The van der Waals surface area contributed by atoms with Crippen molar-refractivity contribution in [1.82, 2.24) is 4.90 Å². The molecular weight excluding hydrogens is 206 g/mol. The Morgan fingerprint density at radius 2 is 1.43 bits per heavy atom. The quantitative estimate of drug-likeness (QED) is 0.533. The molecule has 0 unspecified atom stereocenters. The fourth-order valence-electron chi connectivity index (χ4n) is 1.74. The molecule has 0 aromatic carbocycles. The summed E-state index contributed by atoms with van der Waals surface area (Å²) in [6.45, 7) is 1.28. The molecule has 0 spiro atoms. The molecule has 1 aliphatic rings. The fraction of sp³-hybridized carbons (Fsp3) is 0.750. The van der Waals surface area contributed by atoms with Gasteiger partial charge in [0.05, 0.1) is 0 Å². The van der Waals surface area contributed by atoms with Gasteiger partial charge in [-0.3, -0.25) is 0 Å². The monoisotopic (exact) mass is 234 g/mol. The maximum absolute atomic E-state index is 2.29. The van der Waals surface area contributed by atoms with Crippen LogP contribution in [0.15, 0.2) is 0 Å². The van der Waals surface area contributed by atoms with Crippen molar-refractivity contribution in [2.75, 3.05) is 20.6 Å². The average Bonchev–Trinajstić information content (AvgIpc) is 2.34. The molecule has 0 bridgehead atoms. The summed E-state index contributed by atoms with van der Waals surface area (Å²) >= 11 is 0. The van der Waals surface area contributed by atoms with Crippen LogP contribution in [0.3, 0.4) is 0 Å². The Kier molecular flexibility index (Phi) is 23.5. The van der Waals surface area contributed by atoms with Gasteiger partial charge in [-0.1, -0.05) is 25.7 Å². The molecule has 1 fully saturated rings. The van der Waals surface area contributed by atoms with E-state index in [1.807, 2.05) is 0 Å². The molecule has 0 saturated heterocycles. The van der Waals surface area contributed by atoms with E-state index >= 15 is 0 Å². The molecule has 84 valence electrons. The van der Waals surface area contributed by atoms with Gasteiger partial charge in [-0.15, -0.1) is 0 Å². The van der Waals surface area contributed by atoms with Crippen molar-refractivity contribution in [3.63, 3.8) is 0 Å². The summed E-state index contributed by atoms with van der Waals surface area (Å²) in [4.78, 5) is 2.29. The maximum atomic E-state index is 2.29. The average molecular weight is 234 g/mol. The maximum Gasteiger partial charge on any atom is 4.00 e. The molecule has 1 aliphatic carbocycles. The van der Waals surface area contributed by atoms with Gasteiger partial charge in [0.2, 0.25) is 0 Å². The van der Waals surface area contributed by atoms with Crippen LogP contribution in [0.1, 0.15) is 32.1 Å². The van der Waals surface area contributed by atoms with Gasteiger partial charge in [-0.25, -0.2) is 0 Å². The van der Waals surface area contributed by atoms with Crippen LogP contribution >= 0.6 is 0 Å². The molecule has 2 heteroatoms. The van der Waals surface area contributed by atoms with Crippen LogP contribution in [0.4, 0.5) is 0 Å². The Morgan fingerprint density at radius 3 is 1.79 bits per heavy atom. The Balaban J connectivity index is -0.000000125. The van der Waals surface area contributed by atoms with Gasteiger partial charge in [0.15, 0.2) is 0 Å². The summed E-state index contributed by atoms with van der Waals surface area (Å²) in [5.41, 5.74) is 0. The summed E-state index contributed by atoms with van der Waals surface area (Å²) in [5, 5.41) is 0. The van der Waals surface area contributed by atoms with Crippen molar-refractivity contribution in [1.29, 1.82) is 0 Å². The minimum atomic E-state index is 0. The van der Waals surface area contributed by atoms with Crippen LogP contribution in [0.25, 0.3) is 0 Å². The van der Waals surface area contributed by atoms with E-state index in [1.165, 1.54) is 38.6 Å². The van der Waals surface area contributed by atoms with Crippen molar-refractivity contribution >= 4 is 0 Å². The zero-order chi connectivity index (χ0) is 7.40. The van der Waals surface area contributed by atoms with Gasteiger partial charge in [-0.2, -0.15) is 0 Å². The minimum Gasteiger partial charge on any atom is -0.358 e. The molecule has 0 radical (unpaired) electrons. The van der Waals surface area contributed by atoms with E-state index in [0.717, 1.165) is 5.92 Å². The van der Waals surface area contributed by atoms with Crippen molar-refractivity contribution in [3.05, 3.63) is 22.3 Å². The Morgan fingerprint density at radius 1 is 1.00 bits per heavy atom. The summed E-state index contributed by atoms with van der Waals surface area (Å²) < 4.78 is 0. The topological polar surface area (TPSA) is 3.24 Å². The minimum absolute atomic E-state index is 0. The van der Waals surface area contributed by atoms with Crippen LogP contribution in [0.2, 0.25) is 0 Å². The van der Waals surface area contributed by atoms with Crippen LogP contribution in [0.5, 0.6) is 0 Å². The zero-order valence-electron chi connectivity index (χ0n) is 10.8. The molecule has 0 aromatic heterocycles. The molecule has 0 aromatic rings. The molecule has 0 amide bonds. The third-order valence-corrected chi connectivity index (χ3v) is 2.46. The first kappa shape index (κ1) is 24.1. The van der Waals surface area contributed by atoms with E-state index in [9.17, 15) is 0 Å². The van der Waals surface area contributed by atoms with Gasteiger partial charge >= 0.3 is 21.7 Å². The van der Waals surface area contributed by atoms with Crippen molar-refractivity contribution in [2.24, 2.45) is 5.92 Å². The summed E-state index contributed by atoms with van der Waals surface area (Å²) in [6.07, 6.45) is 7.38. The van der Waals surface area contributed by atoms with Crippen molar-refractivity contribution in [2.45, 2.75) is 32.1 Å². The van der Waals surface area contributed by atoms with Crippen LogP contribution in [-0.4, -0.2) is 25.5 Å². The Bertz CT molecular complexity index is 88.3. The van der Waals surface area contributed by atoms with Gasteiger partial charge < -0.3 is 27.2 Å². The summed E-state index contributed by atoms with van der Waals surface area (Å²) in [7, 11) is 4.32. The van der Waals surface area contributed by atoms with Crippen LogP contribution < -0.4 is 0 Å². The van der Waals surface area contributed by atoms with E-state index in [-0.39, 0.29) is 44.0 Å². The second kappa shape index (κ2) is 13.7.